The zero-order valence-corrected chi connectivity index (χ0v) is 11.2. The van der Waals surface area contributed by atoms with Gasteiger partial charge < -0.3 is 14.2 Å². The summed E-state index contributed by atoms with van der Waals surface area (Å²) in [5, 5.41) is 1.90. The minimum absolute atomic E-state index is 0.256. The first-order valence-electron chi connectivity index (χ1n) is 5.92. The third-order valence-electron chi connectivity index (χ3n) is 2.88. The van der Waals surface area contributed by atoms with Crippen molar-refractivity contribution in [3.8, 4) is 11.5 Å². The van der Waals surface area contributed by atoms with Gasteiger partial charge in [-0.1, -0.05) is 12.1 Å². The monoisotopic (exact) mass is 260 g/mol. The van der Waals surface area contributed by atoms with E-state index in [0.717, 1.165) is 27.8 Å². The van der Waals surface area contributed by atoms with E-state index in [1.54, 1.807) is 14.2 Å². The lowest BCUT2D eigenvalue weighted by molar-refractivity contribution is -0.142. The van der Waals surface area contributed by atoms with E-state index in [0.29, 0.717) is 0 Å². The molecule has 0 aliphatic rings. The molecule has 0 spiro atoms. The van der Waals surface area contributed by atoms with Gasteiger partial charge in [-0.3, -0.25) is 4.79 Å². The largest absolute Gasteiger partial charge is 0.496 e. The van der Waals surface area contributed by atoms with Gasteiger partial charge in [-0.25, -0.2) is 0 Å². The zero-order chi connectivity index (χ0) is 13.8. The van der Waals surface area contributed by atoms with Gasteiger partial charge in [0.25, 0.3) is 0 Å². The molecule has 0 fully saturated rings. The summed E-state index contributed by atoms with van der Waals surface area (Å²) in [6, 6.07) is 9.52. The highest BCUT2D eigenvalue weighted by Gasteiger charge is 2.08. The molecule has 100 valence electrons. The summed E-state index contributed by atoms with van der Waals surface area (Å²) in [6.45, 7) is 1.65. The zero-order valence-electron chi connectivity index (χ0n) is 11.2. The van der Waals surface area contributed by atoms with Gasteiger partial charge in [0.05, 0.1) is 14.2 Å². The lowest BCUT2D eigenvalue weighted by Gasteiger charge is -2.11. The Morgan fingerprint density at radius 2 is 1.63 bits per heavy atom. The molecule has 0 atom stereocenters. The van der Waals surface area contributed by atoms with Crippen LogP contribution in [0.15, 0.2) is 30.3 Å². The number of hydrogen-bond donors (Lipinski definition) is 0. The average molecular weight is 260 g/mol. The van der Waals surface area contributed by atoms with Crippen molar-refractivity contribution in [3.63, 3.8) is 0 Å². The maximum Gasteiger partial charge on any atom is 0.302 e. The van der Waals surface area contributed by atoms with Crippen LogP contribution in [0.2, 0.25) is 0 Å². The molecule has 0 saturated carbocycles. The van der Waals surface area contributed by atoms with Crippen molar-refractivity contribution in [1.82, 2.24) is 0 Å². The summed E-state index contributed by atoms with van der Waals surface area (Å²) in [5.74, 6) is 1.26. The molecule has 0 N–H and O–H groups in total. The van der Waals surface area contributed by atoms with Crippen LogP contribution in [0.3, 0.4) is 0 Å². The lowest BCUT2D eigenvalue weighted by atomic mass is 10.1. The van der Waals surface area contributed by atoms with E-state index >= 15 is 0 Å². The minimum atomic E-state index is -0.294. The highest BCUT2D eigenvalue weighted by molar-refractivity contribution is 5.93. The van der Waals surface area contributed by atoms with Gasteiger partial charge in [-0.15, -0.1) is 0 Å². The van der Waals surface area contributed by atoms with Crippen LogP contribution in [0.5, 0.6) is 11.5 Å². The van der Waals surface area contributed by atoms with E-state index < -0.39 is 0 Å². The maximum absolute atomic E-state index is 10.8. The molecule has 0 unspecified atom stereocenters. The van der Waals surface area contributed by atoms with Gasteiger partial charge in [-0.05, 0) is 23.8 Å². The van der Waals surface area contributed by atoms with Gasteiger partial charge in [0.15, 0.2) is 0 Å². The van der Waals surface area contributed by atoms with Crippen LogP contribution < -0.4 is 9.47 Å². The van der Waals surface area contributed by atoms with Crippen molar-refractivity contribution in [1.29, 1.82) is 0 Å². The number of rotatable bonds is 4. The van der Waals surface area contributed by atoms with Crippen molar-refractivity contribution in [2.24, 2.45) is 0 Å². The Hall–Kier alpha value is -2.23. The molecule has 4 heteroatoms. The van der Waals surface area contributed by atoms with Crippen molar-refractivity contribution < 1.29 is 19.0 Å². The summed E-state index contributed by atoms with van der Waals surface area (Å²) in [5.41, 5.74) is 0.911. The minimum Gasteiger partial charge on any atom is -0.496 e. The first-order valence-corrected chi connectivity index (χ1v) is 5.92. The molecule has 0 aromatic heterocycles. The molecule has 0 heterocycles. The SMILES string of the molecule is COc1ccc(OC)c2cc(COC(C)=O)ccc12. The maximum atomic E-state index is 10.8. The molecule has 0 radical (unpaired) electrons. The summed E-state index contributed by atoms with van der Waals surface area (Å²) in [7, 11) is 3.26. The molecule has 19 heavy (non-hydrogen) atoms. The number of esters is 1. The number of carbonyl (C=O) groups excluding carboxylic acids is 1. The molecule has 0 aliphatic carbocycles. The highest BCUT2D eigenvalue weighted by atomic mass is 16.5. The number of hydrogen-bond acceptors (Lipinski definition) is 4. The molecule has 0 aliphatic heterocycles. The molecular formula is C15H16O4. The number of carbonyl (C=O) groups is 1. The molecule has 0 bridgehead atoms. The fourth-order valence-electron chi connectivity index (χ4n) is 1.97. The lowest BCUT2D eigenvalue weighted by Crippen LogP contribution is -1.99. The summed E-state index contributed by atoms with van der Waals surface area (Å²) in [4.78, 5) is 10.8. The van der Waals surface area contributed by atoms with Gasteiger partial charge in [0.2, 0.25) is 0 Å². The first-order chi connectivity index (χ1) is 9.15. The fraction of sp³-hybridized carbons (Fsp3) is 0.267. The number of methoxy groups -OCH3 is 2. The standard InChI is InChI=1S/C15H16O4/c1-10(16)19-9-11-4-5-12-13(8-11)15(18-3)7-6-14(12)17-2/h4-8H,9H2,1-3H3. The van der Waals surface area contributed by atoms with Crippen LogP contribution in [-0.4, -0.2) is 20.2 Å². The summed E-state index contributed by atoms with van der Waals surface area (Å²) < 4.78 is 15.7. The Labute approximate surface area is 111 Å². The normalized spacial score (nSPS) is 10.3. The number of fused-ring (bicyclic) bond motifs is 1. The summed E-state index contributed by atoms with van der Waals surface area (Å²) in [6.07, 6.45) is 0. The van der Waals surface area contributed by atoms with Gasteiger partial charge in [0, 0.05) is 17.7 Å². The van der Waals surface area contributed by atoms with E-state index in [2.05, 4.69) is 0 Å². The molecular weight excluding hydrogens is 244 g/mol. The van der Waals surface area contributed by atoms with E-state index in [9.17, 15) is 4.79 Å². The van der Waals surface area contributed by atoms with Crippen molar-refractivity contribution in [3.05, 3.63) is 35.9 Å². The van der Waals surface area contributed by atoms with Crippen molar-refractivity contribution in [2.75, 3.05) is 14.2 Å². The highest BCUT2D eigenvalue weighted by Crippen LogP contribution is 2.33. The number of benzene rings is 2. The van der Waals surface area contributed by atoms with E-state index in [-0.39, 0.29) is 12.6 Å². The average Bonchev–Trinajstić information content (AvgIpc) is 2.43. The fourth-order valence-corrected chi connectivity index (χ4v) is 1.97. The second-order valence-corrected chi connectivity index (χ2v) is 4.13. The van der Waals surface area contributed by atoms with Crippen molar-refractivity contribution in [2.45, 2.75) is 13.5 Å². The Morgan fingerprint density at radius 1 is 1.00 bits per heavy atom. The van der Waals surface area contributed by atoms with Gasteiger partial charge in [0.1, 0.15) is 18.1 Å². The van der Waals surface area contributed by atoms with E-state index in [1.807, 2.05) is 30.3 Å². The van der Waals surface area contributed by atoms with Crippen LogP contribution >= 0.6 is 0 Å². The van der Waals surface area contributed by atoms with Crippen LogP contribution in [0.25, 0.3) is 10.8 Å². The topological polar surface area (TPSA) is 44.8 Å². The predicted molar refractivity (Wildman–Crippen MR) is 72.5 cm³/mol. The predicted octanol–water partition coefficient (Wildman–Crippen LogP) is 2.92. The van der Waals surface area contributed by atoms with E-state index in [4.69, 9.17) is 14.2 Å². The molecule has 2 aromatic rings. The van der Waals surface area contributed by atoms with Gasteiger partial charge >= 0.3 is 5.97 Å². The second kappa shape index (κ2) is 5.61. The smallest absolute Gasteiger partial charge is 0.302 e. The second-order valence-electron chi connectivity index (χ2n) is 4.13. The van der Waals surface area contributed by atoms with Crippen LogP contribution in [-0.2, 0) is 16.1 Å². The molecule has 0 saturated heterocycles. The molecule has 2 rings (SSSR count). The molecule has 4 nitrogen and oxygen atoms in total. The third kappa shape index (κ3) is 2.78. The van der Waals surface area contributed by atoms with Crippen molar-refractivity contribution >= 4 is 16.7 Å². The van der Waals surface area contributed by atoms with E-state index in [1.165, 1.54) is 6.92 Å². The van der Waals surface area contributed by atoms with Crippen LogP contribution in [0.4, 0.5) is 0 Å². The van der Waals surface area contributed by atoms with Crippen LogP contribution in [0.1, 0.15) is 12.5 Å². The third-order valence-corrected chi connectivity index (χ3v) is 2.88. The Bertz CT molecular complexity index is 604. The first kappa shape index (κ1) is 13.2. The quantitative estimate of drug-likeness (QED) is 0.793. The summed E-state index contributed by atoms with van der Waals surface area (Å²) >= 11 is 0. The van der Waals surface area contributed by atoms with Crippen LogP contribution in [0, 0.1) is 0 Å². The Morgan fingerprint density at radius 3 is 2.21 bits per heavy atom. The number of ether oxygens (including phenoxy) is 3. The molecule has 0 amide bonds. The van der Waals surface area contributed by atoms with Gasteiger partial charge in [-0.2, -0.15) is 0 Å². The molecule has 2 aromatic carbocycles. The Balaban J connectivity index is 2.47. The Kier molecular flexibility index (Phi) is 3.90.